The molecule has 0 radical (unpaired) electrons. The van der Waals surface area contributed by atoms with Gasteiger partial charge in [-0.2, -0.15) is 5.10 Å². The SMILES string of the molecule is CCn1nc(C)c(I)c1C(C)=O. The molecular formula is C8H11IN2O. The standard InChI is InChI=1S/C8H11IN2O/c1-4-11-8(6(3)12)7(9)5(2)10-11/h4H2,1-3H3. The predicted molar refractivity (Wildman–Crippen MR) is 55.4 cm³/mol. The van der Waals surface area contributed by atoms with Gasteiger partial charge in [0.1, 0.15) is 5.69 Å². The maximum atomic E-state index is 11.2. The fraction of sp³-hybridized carbons (Fsp3) is 0.500. The number of aromatic nitrogens is 2. The van der Waals surface area contributed by atoms with Gasteiger partial charge >= 0.3 is 0 Å². The van der Waals surface area contributed by atoms with Crippen LogP contribution in [0.5, 0.6) is 0 Å². The van der Waals surface area contributed by atoms with Crippen molar-refractivity contribution in [3.63, 3.8) is 0 Å². The van der Waals surface area contributed by atoms with Crippen LogP contribution in [0.25, 0.3) is 0 Å². The van der Waals surface area contributed by atoms with E-state index in [0.717, 1.165) is 21.5 Å². The summed E-state index contributed by atoms with van der Waals surface area (Å²) < 4.78 is 2.72. The molecule has 0 aromatic carbocycles. The third-order valence-corrected chi connectivity index (χ3v) is 2.98. The first kappa shape index (κ1) is 9.70. The normalized spacial score (nSPS) is 10.3. The van der Waals surface area contributed by atoms with E-state index in [2.05, 4.69) is 27.7 Å². The lowest BCUT2D eigenvalue weighted by Gasteiger charge is -1.99. The van der Waals surface area contributed by atoms with Gasteiger partial charge in [-0.05, 0) is 36.4 Å². The first-order valence-corrected chi connectivity index (χ1v) is 4.89. The van der Waals surface area contributed by atoms with Crippen LogP contribution in [0.1, 0.15) is 30.0 Å². The van der Waals surface area contributed by atoms with Crippen molar-refractivity contribution in [1.29, 1.82) is 0 Å². The lowest BCUT2D eigenvalue weighted by molar-refractivity contribution is 0.100. The van der Waals surface area contributed by atoms with Gasteiger partial charge in [-0.3, -0.25) is 9.48 Å². The summed E-state index contributed by atoms with van der Waals surface area (Å²) in [4.78, 5) is 11.2. The Morgan fingerprint density at radius 1 is 1.67 bits per heavy atom. The molecule has 0 saturated carbocycles. The number of ketones is 1. The Bertz CT molecular complexity index is 317. The van der Waals surface area contributed by atoms with Crippen LogP contribution in [0, 0.1) is 10.5 Å². The van der Waals surface area contributed by atoms with Crippen LogP contribution in [0.3, 0.4) is 0 Å². The highest BCUT2D eigenvalue weighted by atomic mass is 127. The Labute approximate surface area is 85.3 Å². The molecule has 0 bridgehead atoms. The molecule has 0 unspecified atom stereocenters. The highest BCUT2D eigenvalue weighted by Gasteiger charge is 2.14. The van der Waals surface area contributed by atoms with Crippen molar-refractivity contribution in [3.8, 4) is 0 Å². The minimum absolute atomic E-state index is 0.0850. The van der Waals surface area contributed by atoms with E-state index < -0.39 is 0 Å². The summed E-state index contributed by atoms with van der Waals surface area (Å²) in [6.07, 6.45) is 0. The molecule has 0 aliphatic carbocycles. The van der Waals surface area contributed by atoms with Crippen molar-refractivity contribution in [2.24, 2.45) is 0 Å². The minimum atomic E-state index is 0.0850. The molecule has 1 aromatic heterocycles. The summed E-state index contributed by atoms with van der Waals surface area (Å²) in [7, 11) is 0. The molecular weight excluding hydrogens is 267 g/mol. The molecule has 0 aliphatic rings. The molecule has 3 nitrogen and oxygen atoms in total. The first-order valence-electron chi connectivity index (χ1n) is 3.81. The van der Waals surface area contributed by atoms with Crippen LogP contribution in [0.4, 0.5) is 0 Å². The molecule has 0 amide bonds. The zero-order valence-electron chi connectivity index (χ0n) is 7.39. The number of aryl methyl sites for hydroxylation is 2. The van der Waals surface area contributed by atoms with Gasteiger partial charge in [0.25, 0.3) is 0 Å². The van der Waals surface area contributed by atoms with Gasteiger partial charge in [-0.15, -0.1) is 0 Å². The van der Waals surface area contributed by atoms with Crippen LogP contribution in [0.15, 0.2) is 0 Å². The fourth-order valence-corrected chi connectivity index (χ4v) is 1.89. The second-order valence-electron chi connectivity index (χ2n) is 2.62. The largest absolute Gasteiger partial charge is 0.293 e. The fourth-order valence-electron chi connectivity index (χ4n) is 1.12. The Kier molecular flexibility index (Phi) is 2.87. The number of halogens is 1. The van der Waals surface area contributed by atoms with E-state index in [0.29, 0.717) is 0 Å². The highest BCUT2D eigenvalue weighted by Crippen LogP contribution is 2.16. The number of Topliss-reactive ketones (excluding diaryl/α,β-unsaturated/α-hetero) is 1. The Morgan fingerprint density at radius 3 is 2.58 bits per heavy atom. The molecule has 0 spiro atoms. The quantitative estimate of drug-likeness (QED) is 0.612. The summed E-state index contributed by atoms with van der Waals surface area (Å²) >= 11 is 2.16. The van der Waals surface area contributed by atoms with Gasteiger partial charge in [0.2, 0.25) is 0 Å². The second kappa shape index (κ2) is 3.55. The Balaban J connectivity index is 3.31. The van der Waals surface area contributed by atoms with Crippen LogP contribution in [-0.2, 0) is 6.54 Å². The van der Waals surface area contributed by atoms with E-state index in [-0.39, 0.29) is 5.78 Å². The second-order valence-corrected chi connectivity index (χ2v) is 3.70. The molecule has 1 aromatic rings. The summed E-state index contributed by atoms with van der Waals surface area (Å²) in [6.45, 7) is 6.22. The number of hydrogen-bond acceptors (Lipinski definition) is 2. The smallest absolute Gasteiger partial charge is 0.178 e. The monoisotopic (exact) mass is 278 g/mol. The minimum Gasteiger partial charge on any atom is -0.293 e. The van der Waals surface area contributed by atoms with Gasteiger partial charge in [-0.25, -0.2) is 0 Å². The number of nitrogens with zero attached hydrogens (tertiary/aromatic N) is 2. The van der Waals surface area contributed by atoms with Crippen LogP contribution in [0.2, 0.25) is 0 Å². The third kappa shape index (κ3) is 1.53. The van der Waals surface area contributed by atoms with Crippen molar-refractivity contribution < 1.29 is 4.79 Å². The van der Waals surface area contributed by atoms with Crippen molar-refractivity contribution in [1.82, 2.24) is 9.78 Å². The van der Waals surface area contributed by atoms with Gasteiger partial charge in [0.15, 0.2) is 5.78 Å². The summed E-state index contributed by atoms with van der Waals surface area (Å²) in [5.41, 5.74) is 1.67. The average molecular weight is 278 g/mol. The molecule has 0 aliphatic heterocycles. The molecule has 1 rings (SSSR count). The van der Waals surface area contributed by atoms with Crippen LogP contribution < -0.4 is 0 Å². The van der Waals surface area contributed by atoms with Crippen molar-refractivity contribution in [2.75, 3.05) is 0 Å². The molecule has 0 atom stereocenters. The maximum Gasteiger partial charge on any atom is 0.178 e. The summed E-state index contributed by atoms with van der Waals surface area (Å²) in [6, 6.07) is 0. The van der Waals surface area contributed by atoms with Gasteiger partial charge in [0.05, 0.1) is 9.26 Å². The van der Waals surface area contributed by atoms with E-state index in [1.165, 1.54) is 0 Å². The van der Waals surface area contributed by atoms with Gasteiger partial charge in [0, 0.05) is 13.5 Å². The van der Waals surface area contributed by atoms with E-state index >= 15 is 0 Å². The molecule has 4 heteroatoms. The van der Waals surface area contributed by atoms with Crippen molar-refractivity contribution in [3.05, 3.63) is 15.0 Å². The predicted octanol–water partition coefficient (Wildman–Crippen LogP) is 2.02. The summed E-state index contributed by atoms with van der Waals surface area (Å²) in [5.74, 6) is 0.0850. The van der Waals surface area contributed by atoms with Gasteiger partial charge < -0.3 is 0 Å². The number of carbonyl (C=O) groups excluding carboxylic acids is 1. The molecule has 0 saturated heterocycles. The molecule has 0 fully saturated rings. The lowest BCUT2D eigenvalue weighted by Crippen LogP contribution is -2.07. The third-order valence-electron chi connectivity index (χ3n) is 1.69. The zero-order valence-corrected chi connectivity index (χ0v) is 9.55. The maximum absolute atomic E-state index is 11.2. The van der Waals surface area contributed by atoms with E-state index in [4.69, 9.17) is 0 Å². The molecule has 12 heavy (non-hydrogen) atoms. The Morgan fingerprint density at radius 2 is 2.25 bits per heavy atom. The highest BCUT2D eigenvalue weighted by molar-refractivity contribution is 14.1. The van der Waals surface area contributed by atoms with E-state index in [9.17, 15) is 4.79 Å². The molecule has 66 valence electrons. The van der Waals surface area contributed by atoms with E-state index in [1.54, 1.807) is 11.6 Å². The first-order chi connectivity index (χ1) is 5.57. The average Bonchev–Trinajstić information content (AvgIpc) is 2.28. The topological polar surface area (TPSA) is 34.9 Å². The molecule has 1 heterocycles. The van der Waals surface area contributed by atoms with Crippen molar-refractivity contribution in [2.45, 2.75) is 27.3 Å². The Hall–Kier alpha value is -0.390. The van der Waals surface area contributed by atoms with Crippen LogP contribution >= 0.6 is 22.6 Å². The lowest BCUT2D eigenvalue weighted by atomic mass is 10.3. The number of rotatable bonds is 2. The van der Waals surface area contributed by atoms with E-state index in [1.807, 2.05) is 13.8 Å². The number of carbonyl (C=O) groups is 1. The van der Waals surface area contributed by atoms with Gasteiger partial charge in [-0.1, -0.05) is 0 Å². The molecule has 0 N–H and O–H groups in total. The summed E-state index contributed by atoms with van der Waals surface area (Å²) in [5, 5.41) is 4.24. The van der Waals surface area contributed by atoms with Crippen molar-refractivity contribution >= 4 is 28.4 Å². The zero-order chi connectivity index (χ0) is 9.30. The number of hydrogen-bond donors (Lipinski definition) is 0. The van der Waals surface area contributed by atoms with Crippen LogP contribution in [-0.4, -0.2) is 15.6 Å².